The first-order chi connectivity index (χ1) is 7.15. The van der Waals surface area contributed by atoms with Gasteiger partial charge >= 0.3 is 5.97 Å². The normalized spacial score (nSPS) is 20.0. The first kappa shape index (κ1) is 9.90. The van der Waals surface area contributed by atoms with Crippen molar-refractivity contribution in [2.24, 2.45) is 7.05 Å². The van der Waals surface area contributed by atoms with E-state index in [0.29, 0.717) is 0 Å². The summed E-state index contributed by atoms with van der Waals surface area (Å²) in [6, 6.07) is 4.08. The van der Waals surface area contributed by atoms with Crippen molar-refractivity contribution in [2.45, 2.75) is 19.4 Å². The molecular formula is C12H14NO2+. The van der Waals surface area contributed by atoms with E-state index in [1.54, 1.807) is 6.08 Å². The number of aromatic nitrogens is 1. The summed E-state index contributed by atoms with van der Waals surface area (Å²) >= 11 is 0. The molecule has 0 saturated carbocycles. The second kappa shape index (κ2) is 3.85. The molecule has 15 heavy (non-hydrogen) atoms. The lowest BCUT2D eigenvalue weighted by Crippen LogP contribution is -2.26. The Balaban J connectivity index is 2.07. The number of esters is 1. The minimum Gasteiger partial charge on any atom is -0.454 e. The zero-order valence-electron chi connectivity index (χ0n) is 8.93. The summed E-state index contributed by atoms with van der Waals surface area (Å²) in [7, 11) is 1.98. The Labute approximate surface area is 89.0 Å². The standard InChI is InChI=1S/C12H14NO2/c1-9-7-12(14)15-11(9)8-10-3-5-13(2)6-4-10/h3-7,11H,8H2,1-2H3/q+1/t11-/m0/s1. The van der Waals surface area contributed by atoms with Crippen LogP contribution in [0.4, 0.5) is 0 Å². The fourth-order valence-electron chi connectivity index (χ4n) is 1.63. The Morgan fingerprint density at radius 1 is 1.40 bits per heavy atom. The van der Waals surface area contributed by atoms with E-state index < -0.39 is 0 Å². The van der Waals surface area contributed by atoms with Gasteiger partial charge in [0.05, 0.1) is 0 Å². The molecule has 3 heteroatoms. The van der Waals surface area contributed by atoms with Crippen LogP contribution in [0.2, 0.25) is 0 Å². The lowest BCUT2D eigenvalue weighted by molar-refractivity contribution is -0.671. The summed E-state index contributed by atoms with van der Waals surface area (Å²) < 4.78 is 7.15. The number of hydrogen-bond donors (Lipinski definition) is 0. The first-order valence-electron chi connectivity index (χ1n) is 4.98. The number of carbonyl (C=O) groups is 1. The molecule has 1 atom stereocenters. The van der Waals surface area contributed by atoms with Gasteiger partial charge in [0.15, 0.2) is 12.4 Å². The molecule has 1 aromatic heterocycles. The van der Waals surface area contributed by atoms with Crippen LogP contribution >= 0.6 is 0 Å². The van der Waals surface area contributed by atoms with Crippen molar-refractivity contribution in [2.75, 3.05) is 0 Å². The fraction of sp³-hybridized carbons (Fsp3) is 0.333. The Hall–Kier alpha value is -1.64. The molecule has 0 saturated heterocycles. The highest BCUT2D eigenvalue weighted by Crippen LogP contribution is 2.18. The third-order valence-corrected chi connectivity index (χ3v) is 2.58. The zero-order chi connectivity index (χ0) is 10.8. The third-order valence-electron chi connectivity index (χ3n) is 2.58. The SMILES string of the molecule is CC1=CC(=O)O[C@H]1Cc1cc[n+](C)cc1. The average molecular weight is 204 g/mol. The van der Waals surface area contributed by atoms with Gasteiger partial charge in [-0.15, -0.1) is 0 Å². The molecule has 0 aliphatic carbocycles. The summed E-state index contributed by atoms with van der Waals surface area (Å²) in [6.45, 7) is 1.93. The van der Waals surface area contributed by atoms with Gasteiger partial charge in [-0.25, -0.2) is 9.36 Å². The van der Waals surface area contributed by atoms with Crippen LogP contribution in [-0.2, 0) is 23.0 Å². The molecule has 78 valence electrons. The topological polar surface area (TPSA) is 30.2 Å². The van der Waals surface area contributed by atoms with E-state index in [9.17, 15) is 4.79 Å². The van der Waals surface area contributed by atoms with Crippen LogP contribution in [0.3, 0.4) is 0 Å². The molecule has 1 aliphatic heterocycles. The van der Waals surface area contributed by atoms with E-state index in [-0.39, 0.29) is 12.1 Å². The molecule has 1 aromatic rings. The Bertz CT molecular complexity index is 406. The van der Waals surface area contributed by atoms with E-state index >= 15 is 0 Å². The molecule has 0 unspecified atom stereocenters. The Morgan fingerprint density at radius 3 is 2.60 bits per heavy atom. The quantitative estimate of drug-likeness (QED) is 0.530. The number of aryl methyl sites for hydroxylation is 1. The lowest BCUT2D eigenvalue weighted by atomic mass is 10.0. The van der Waals surface area contributed by atoms with Gasteiger partial charge < -0.3 is 4.74 Å². The number of rotatable bonds is 2. The highest BCUT2D eigenvalue weighted by molar-refractivity contribution is 5.85. The maximum atomic E-state index is 11.0. The van der Waals surface area contributed by atoms with Crippen LogP contribution in [0.5, 0.6) is 0 Å². The molecule has 0 radical (unpaired) electrons. The number of carbonyl (C=O) groups excluding carboxylic acids is 1. The first-order valence-corrected chi connectivity index (χ1v) is 4.98. The van der Waals surface area contributed by atoms with Crippen LogP contribution in [-0.4, -0.2) is 12.1 Å². The van der Waals surface area contributed by atoms with E-state index in [1.807, 2.05) is 43.1 Å². The molecular weight excluding hydrogens is 190 g/mol. The van der Waals surface area contributed by atoms with Gasteiger partial charge in [-0.3, -0.25) is 0 Å². The maximum Gasteiger partial charge on any atom is 0.331 e. The minimum absolute atomic E-state index is 0.0785. The molecule has 3 nitrogen and oxygen atoms in total. The minimum atomic E-state index is -0.223. The number of pyridine rings is 1. The van der Waals surface area contributed by atoms with E-state index in [2.05, 4.69) is 0 Å². The fourth-order valence-corrected chi connectivity index (χ4v) is 1.63. The second-order valence-corrected chi connectivity index (χ2v) is 3.89. The smallest absolute Gasteiger partial charge is 0.331 e. The van der Waals surface area contributed by atoms with Crippen molar-refractivity contribution in [3.63, 3.8) is 0 Å². The highest BCUT2D eigenvalue weighted by atomic mass is 16.5. The van der Waals surface area contributed by atoms with Crippen molar-refractivity contribution < 1.29 is 14.1 Å². The van der Waals surface area contributed by atoms with Crippen LogP contribution in [0, 0.1) is 0 Å². The summed E-state index contributed by atoms with van der Waals surface area (Å²) in [5, 5.41) is 0. The predicted molar refractivity (Wildman–Crippen MR) is 55.0 cm³/mol. The molecule has 0 N–H and O–H groups in total. The second-order valence-electron chi connectivity index (χ2n) is 3.89. The molecule has 0 spiro atoms. The lowest BCUT2D eigenvalue weighted by Gasteiger charge is -2.10. The molecule has 0 amide bonds. The van der Waals surface area contributed by atoms with Crippen LogP contribution < -0.4 is 4.57 Å². The van der Waals surface area contributed by atoms with E-state index in [1.165, 1.54) is 5.56 Å². The Morgan fingerprint density at radius 2 is 2.07 bits per heavy atom. The van der Waals surface area contributed by atoms with Gasteiger partial charge in [0.25, 0.3) is 0 Å². The highest BCUT2D eigenvalue weighted by Gasteiger charge is 2.23. The number of ether oxygens (including phenoxy) is 1. The molecule has 0 fully saturated rings. The third kappa shape index (κ3) is 2.24. The van der Waals surface area contributed by atoms with Crippen LogP contribution in [0.1, 0.15) is 12.5 Å². The van der Waals surface area contributed by atoms with E-state index in [0.717, 1.165) is 12.0 Å². The Kier molecular flexibility index (Phi) is 2.54. The molecule has 0 aromatic carbocycles. The van der Waals surface area contributed by atoms with Gasteiger partial charge in [0, 0.05) is 24.6 Å². The van der Waals surface area contributed by atoms with Gasteiger partial charge in [0.2, 0.25) is 0 Å². The summed E-state index contributed by atoms with van der Waals surface area (Å²) in [6.07, 6.45) is 6.23. The summed E-state index contributed by atoms with van der Waals surface area (Å²) in [5.74, 6) is -0.223. The van der Waals surface area contributed by atoms with Gasteiger partial charge in [-0.2, -0.15) is 0 Å². The van der Waals surface area contributed by atoms with E-state index in [4.69, 9.17) is 4.74 Å². The molecule has 0 bridgehead atoms. The number of hydrogen-bond acceptors (Lipinski definition) is 2. The maximum absolute atomic E-state index is 11.0. The van der Waals surface area contributed by atoms with Gasteiger partial charge in [-0.1, -0.05) is 0 Å². The zero-order valence-corrected chi connectivity index (χ0v) is 8.93. The number of cyclic esters (lactones) is 1. The van der Waals surface area contributed by atoms with Crippen LogP contribution in [0.25, 0.3) is 0 Å². The van der Waals surface area contributed by atoms with Crippen molar-refractivity contribution in [1.29, 1.82) is 0 Å². The molecule has 2 rings (SSSR count). The van der Waals surface area contributed by atoms with Gasteiger partial charge in [-0.05, 0) is 18.1 Å². The predicted octanol–water partition coefficient (Wildman–Crippen LogP) is 0.925. The molecule has 1 aliphatic rings. The largest absolute Gasteiger partial charge is 0.454 e. The van der Waals surface area contributed by atoms with Gasteiger partial charge in [0.1, 0.15) is 13.2 Å². The summed E-state index contributed by atoms with van der Waals surface area (Å²) in [5.41, 5.74) is 2.19. The van der Waals surface area contributed by atoms with Crippen molar-refractivity contribution in [3.8, 4) is 0 Å². The monoisotopic (exact) mass is 204 g/mol. The van der Waals surface area contributed by atoms with Crippen LogP contribution in [0.15, 0.2) is 36.2 Å². The van der Waals surface area contributed by atoms with Crippen molar-refractivity contribution in [1.82, 2.24) is 0 Å². The average Bonchev–Trinajstić information content (AvgIpc) is 2.49. The van der Waals surface area contributed by atoms with Crippen molar-refractivity contribution in [3.05, 3.63) is 41.7 Å². The van der Waals surface area contributed by atoms with Crippen molar-refractivity contribution >= 4 is 5.97 Å². The summed E-state index contributed by atoms with van der Waals surface area (Å²) in [4.78, 5) is 11.0. The number of nitrogens with zero attached hydrogens (tertiary/aromatic N) is 1. The molecule has 2 heterocycles.